The van der Waals surface area contributed by atoms with Gasteiger partial charge in [-0.05, 0) is 50.7 Å². The van der Waals surface area contributed by atoms with Crippen LogP contribution in [-0.4, -0.2) is 38.9 Å². The highest BCUT2D eigenvalue weighted by molar-refractivity contribution is 6.05. The maximum atomic E-state index is 11.2. The number of aryl methyl sites for hydroxylation is 1. The number of nitriles is 1. The van der Waals surface area contributed by atoms with E-state index in [1.807, 2.05) is 18.0 Å². The maximum absolute atomic E-state index is 11.2. The minimum absolute atomic E-state index is 0.0883. The number of hydrazone groups is 1. The molecule has 130 valence electrons. The molecular formula is C19H22N4O2. The minimum Gasteiger partial charge on any atom is -0.477 e. The van der Waals surface area contributed by atoms with Crippen molar-refractivity contribution in [3.8, 4) is 6.07 Å². The lowest BCUT2D eigenvalue weighted by Crippen LogP contribution is -2.43. The lowest BCUT2D eigenvalue weighted by molar-refractivity contribution is 0.0690. The van der Waals surface area contributed by atoms with E-state index in [2.05, 4.69) is 11.1 Å². The largest absolute Gasteiger partial charge is 0.477 e. The van der Waals surface area contributed by atoms with Gasteiger partial charge in [-0.3, -0.25) is 5.01 Å². The van der Waals surface area contributed by atoms with Crippen LogP contribution >= 0.6 is 0 Å². The Bertz CT molecular complexity index is 776. The zero-order valence-electron chi connectivity index (χ0n) is 14.4. The molecule has 3 unspecified atom stereocenters. The Hall–Kier alpha value is -2.42. The van der Waals surface area contributed by atoms with Gasteiger partial charge in [0.25, 0.3) is 0 Å². The molecule has 2 heterocycles. The maximum Gasteiger partial charge on any atom is 0.354 e. The molecule has 6 heteroatoms. The molecule has 3 aliphatic rings. The third kappa shape index (κ3) is 2.58. The first-order valence-electron chi connectivity index (χ1n) is 9.10. The molecule has 1 saturated carbocycles. The summed E-state index contributed by atoms with van der Waals surface area (Å²) in [5.74, 6) is -0.0828. The zero-order valence-corrected chi connectivity index (χ0v) is 14.4. The van der Waals surface area contributed by atoms with Gasteiger partial charge < -0.3 is 5.11 Å². The van der Waals surface area contributed by atoms with E-state index in [-0.39, 0.29) is 11.7 Å². The number of pyridine rings is 1. The second kappa shape index (κ2) is 6.14. The molecule has 6 nitrogen and oxygen atoms in total. The summed E-state index contributed by atoms with van der Waals surface area (Å²) < 4.78 is 0. The molecule has 0 bridgehead atoms. The van der Waals surface area contributed by atoms with E-state index >= 15 is 0 Å². The topological polar surface area (TPSA) is 89.6 Å². The first-order valence-corrected chi connectivity index (χ1v) is 9.10. The average molecular weight is 338 g/mol. The van der Waals surface area contributed by atoms with Gasteiger partial charge in [0.2, 0.25) is 0 Å². The molecule has 1 aromatic rings. The number of nitrogens with zero attached hydrogens (tertiary/aromatic N) is 4. The Morgan fingerprint density at radius 2 is 2.12 bits per heavy atom. The van der Waals surface area contributed by atoms with E-state index < -0.39 is 5.97 Å². The van der Waals surface area contributed by atoms with Crippen LogP contribution in [-0.2, 0) is 6.42 Å². The predicted octanol–water partition coefficient (Wildman–Crippen LogP) is 2.83. The lowest BCUT2D eigenvalue weighted by atomic mass is 9.76. The second-order valence-corrected chi connectivity index (χ2v) is 7.35. The summed E-state index contributed by atoms with van der Waals surface area (Å²) in [7, 11) is 0. The molecule has 0 aromatic carbocycles. The van der Waals surface area contributed by atoms with Gasteiger partial charge >= 0.3 is 5.97 Å². The van der Waals surface area contributed by atoms with Crippen LogP contribution in [0.2, 0.25) is 0 Å². The van der Waals surface area contributed by atoms with Crippen molar-refractivity contribution in [2.24, 2.45) is 16.9 Å². The molecule has 25 heavy (non-hydrogen) atoms. The summed E-state index contributed by atoms with van der Waals surface area (Å²) in [6, 6.07) is 5.80. The van der Waals surface area contributed by atoms with Crippen LogP contribution in [0.5, 0.6) is 0 Å². The summed E-state index contributed by atoms with van der Waals surface area (Å²) in [4.78, 5) is 15.5. The zero-order chi connectivity index (χ0) is 17.6. The van der Waals surface area contributed by atoms with Gasteiger partial charge in [-0.1, -0.05) is 12.8 Å². The highest BCUT2D eigenvalue weighted by Crippen LogP contribution is 2.43. The Balaban J connectivity index is 1.73. The molecular weight excluding hydrogens is 316 g/mol. The molecule has 2 aliphatic carbocycles. The van der Waals surface area contributed by atoms with Gasteiger partial charge in [-0.2, -0.15) is 10.4 Å². The highest BCUT2D eigenvalue weighted by atomic mass is 16.4. The van der Waals surface area contributed by atoms with Crippen molar-refractivity contribution in [3.05, 3.63) is 29.1 Å². The van der Waals surface area contributed by atoms with Crippen molar-refractivity contribution in [3.63, 3.8) is 0 Å². The fraction of sp³-hybridized carbons (Fsp3) is 0.579. The predicted molar refractivity (Wildman–Crippen MR) is 92.2 cm³/mol. The SMILES string of the molecule is CC(C#N)N1N=C2c3ccc(C(=O)O)nc3CCC2C1C1CCCC1. The molecule has 1 N–H and O–H groups in total. The first-order chi connectivity index (χ1) is 12.1. The average Bonchev–Trinajstić information content (AvgIpc) is 3.27. The standard InChI is InChI=1S/C19H22N4O2/c1-11(10-20)23-18(12-4-2-3-5-12)14-7-8-15-13(17(14)22-23)6-9-16(21-15)19(24)25/h6,9,11-12,14,18H,2-5,7-8H2,1H3,(H,24,25). The molecule has 1 aromatic heterocycles. The smallest absolute Gasteiger partial charge is 0.354 e. The van der Waals surface area contributed by atoms with Gasteiger partial charge in [0, 0.05) is 11.5 Å². The van der Waals surface area contributed by atoms with E-state index in [4.69, 9.17) is 10.2 Å². The van der Waals surface area contributed by atoms with Crippen molar-refractivity contribution < 1.29 is 9.90 Å². The van der Waals surface area contributed by atoms with Gasteiger partial charge in [0.05, 0.1) is 23.5 Å². The van der Waals surface area contributed by atoms with E-state index in [1.54, 1.807) is 6.07 Å². The van der Waals surface area contributed by atoms with E-state index in [0.717, 1.165) is 29.8 Å². The van der Waals surface area contributed by atoms with Crippen molar-refractivity contribution in [1.29, 1.82) is 5.26 Å². The monoisotopic (exact) mass is 338 g/mol. The van der Waals surface area contributed by atoms with Gasteiger partial charge in [0.15, 0.2) is 0 Å². The Kier molecular flexibility index (Phi) is 3.95. The second-order valence-electron chi connectivity index (χ2n) is 7.35. The number of hydrogen-bond donors (Lipinski definition) is 1. The van der Waals surface area contributed by atoms with Crippen LogP contribution < -0.4 is 0 Å². The van der Waals surface area contributed by atoms with E-state index in [0.29, 0.717) is 17.9 Å². The number of carboxylic acids is 1. The van der Waals surface area contributed by atoms with Crippen LogP contribution in [0.15, 0.2) is 17.2 Å². The van der Waals surface area contributed by atoms with Crippen LogP contribution in [0, 0.1) is 23.2 Å². The first kappa shape index (κ1) is 16.1. The van der Waals surface area contributed by atoms with Gasteiger partial charge in [0.1, 0.15) is 11.7 Å². The number of carboxylic acid groups (broad SMARTS) is 1. The number of fused-ring (bicyclic) bond motifs is 3. The Morgan fingerprint density at radius 3 is 2.80 bits per heavy atom. The number of aromatic carboxylic acids is 1. The molecule has 4 rings (SSSR count). The van der Waals surface area contributed by atoms with Crippen molar-refractivity contribution in [2.45, 2.75) is 57.5 Å². The molecule has 0 radical (unpaired) electrons. The normalized spacial score (nSPS) is 26.6. The fourth-order valence-electron chi connectivity index (χ4n) is 4.76. The van der Waals surface area contributed by atoms with Crippen LogP contribution in [0.3, 0.4) is 0 Å². The Labute approximate surface area is 147 Å². The molecule has 3 atom stereocenters. The fourth-order valence-corrected chi connectivity index (χ4v) is 4.76. The molecule has 1 fully saturated rings. The molecule has 0 spiro atoms. The quantitative estimate of drug-likeness (QED) is 0.915. The summed E-state index contributed by atoms with van der Waals surface area (Å²) in [5.41, 5.74) is 2.89. The Morgan fingerprint density at radius 1 is 1.36 bits per heavy atom. The summed E-state index contributed by atoms with van der Waals surface area (Å²) in [6.45, 7) is 1.91. The number of rotatable bonds is 3. The highest BCUT2D eigenvalue weighted by Gasteiger charge is 2.46. The van der Waals surface area contributed by atoms with Crippen LogP contribution in [0.1, 0.15) is 60.8 Å². The number of aromatic nitrogens is 1. The number of carbonyl (C=O) groups is 1. The third-order valence-corrected chi connectivity index (χ3v) is 5.92. The van der Waals surface area contributed by atoms with Crippen molar-refractivity contribution >= 4 is 11.7 Å². The molecule has 1 aliphatic heterocycles. The van der Waals surface area contributed by atoms with Gasteiger partial charge in [-0.15, -0.1) is 0 Å². The molecule has 0 saturated heterocycles. The minimum atomic E-state index is -0.998. The number of hydrogen-bond acceptors (Lipinski definition) is 5. The van der Waals surface area contributed by atoms with Crippen molar-refractivity contribution in [1.82, 2.24) is 9.99 Å². The van der Waals surface area contributed by atoms with Crippen LogP contribution in [0.25, 0.3) is 0 Å². The van der Waals surface area contributed by atoms with Crippen LogP contribution in [0.4, 0.5) is 0 Å². The summed E-state index contributed by atoms with van der Waals surface area (Å²) >= 11 is 0. The summed E-state index contributed by atoms with van der Waals surface area (Å²) in [5, 5.41) is 25.5. The van der Waals surface area contributed by atoms with Gasteiger partial charge in [-0.25, -0.2) is 9.78 Å². The van der Waals surface area contributed by atoms with E-state index in [1.165, 1.54) is 25.7 Å². The van der Waals surface area contributed by atoms with Crippen molar-refractivity contribution in [2.75, 3.05) is 0 Å². The molecule has 0 amide bonds. The third-order valence-electron chi connectivity index (χ3n) is 5.92. The lowest BCUT2D eigenvalue weighted by Gasteiger charge is -2.35. The van der Waals surface area contributed by atoms with E-state index in [9.17, 15) is 10.1 Å². The summed E-state index contributed by atoms with van der Waals surface area (Å²) in [6.07, 6.45) is 6.65.